The summed E-state index contributed by atoms with van der Waals surface area (Å²) in [6, 6.07) is 18.6. The second-order valence-electron chi connectivity index (χ2n) is 4.91. The van der Waals surface area contributed by atoms with Crippen LogP contribution in [0.1, 0.15) is 11.1 Å². The summed E-state index contributed by atoms with van der Waals surface area (Å²) >= 11 is 1.16. The van der Waals surface area contributed by atoms with Gasteiger partial charge in [0.2, 0.25) is 0 Å². The molecule has 0 fully saturated rings. The van der Waals surface area contributed by atoms with E-state index >= 15 is 0 Å². The highest BCUT2D eigenvalue weighted by atomic mass is 32.2. The summed E-state index contributed by atoms with van der Waals surface area (Å²) < 4.78 is 10.2. The molecule has 0 radical (unpaired) electrons. The highest BCUT2D eigenvalue weighted by molar-refractivity contribution is 8.13. The van der Waals surface area contributed by atoms with Gasteiger partial charge in [0, 0.05) is 0 Å². The number of amidine groups is 1. The summed E-state index contributed by atoms with van der Waals surface area (Å²) in [7, 11) is 0. The van der Waals surface area contributed by atoms with Crippen molar-refractivity contribution in [3.8, 4) is 0 Å². The predicted molar refractivity (Wildman–Crippen MR) is 95.9 cm³/mol. The molecule has 0 aromatic heterocycles. The highest BCUT2D eigenvalue weighted by Gasteiger charge is 2.17. The summed E-state index contributed by atoms with van der Waals surface area (Å²) in [5.74, 6) is 0. The quantitative estimate of drug-likeness (QED) is 0.645. The maximum absolute atomic E-state index is 11.8. The Bertz CT molecular complexity index is 720. The Balaban J connectivity index is 1.80. The fourth-order valence-corrected chi connectivity index (χ4v) is 2.21. The summed E-state index contributed by atoms with van der Waals surface area (Å²) in [5.41, 5.74) is 1.75. The van der Waals surface area contributed by atoms with E-state index < -0.39 is 12.2 Å². The SMILES string of the molecule is CSC(NC(=O)OCc1ccccc1)=[NH+]C(=O)OCc1ccccc1. The Morgan fingerprint density at radius 1 is 0.920 bits per heavy atom. The van der Waals surface area contributed by atoms with E-state index in [0.29, 0.717) is 0 Å². The van der Waals surface area contributed by atoms with E-state index in [1.807, 2.05) is 60.7 Å². The zero-order valence-corrected chi connectivity index (χ0v) is 14.5. The van der Waals surface area contributed by atoms with Crippen LogP contribution in [0.3, 0.4) is 0 Å². The van der Waals surface area contributed by atoms with Gasteiger partial charge in [0.1, 0.15) is 13.2 Å². The molecule has 0 saturated heterocycles. The molecule has 0 atom stereocenters. The fraction of sp³-hybridized carbons (Fsp3) is 0.167. The molecule has 2 rings (SSSR count). The van der Waals surface area contributed by atoms with Crippen LogP contribution in [-0.4, -0.2) is 23.6 Å². The molecule has 2 aromatic rings. The molecule has 6 nitrogen and oxygen atoms in total. The van der Waals surface area contributed by atoms with Crippen LogP contribution in [0, 0.1) is 0 Å². The van der Waals surface area contributed by atoms with E-state index in [-0.39, 0.29) is 18.4 Å². The predicted octanol–water partition coefficient (Wildman–Crippen LogP) is 2.05. The number of ether oxygens (including phenoxy) is 2. The van der Waals surface area contributed by atoms with E-state index in [1.165, 1.54) is 0 Å². The van der Waals surface area contributed by atoms with Crippen LogP contribution in [0.2, 0.25) is 0 Å². The van der Waals surface area contributed by atoms with E-state index in [9.17, 15) is 9.59 Å². The Hall–Kier alpha value is -2.80. The summed E-state index contributed by atoms with van der Waals surface area (Å²) in [6.45, 7) is 0.291. The van der Waals surface area contributed by atoms with Crippen LogP contribution in [0.5, 0.6) is 0 Å². The molecule has 0 aliphatic heterocycles. The lowest BCUT2D eigenvalue weighted by Gasteiger charge is -2.03. The van der Waals surface area contributed by atoms with Gasteiger partial charge in [-0.3, -0.25) is 0 Å². The van der Waals surface area contributed by atoms with Gasteiger partial charge < -0.3 is 9.47 Å². The smallest absolute Gasteiger partial charge is 0.426 e. The molecule has 0 spiro atoms. The van der Waals surface area contributed by atoms with Crippen molar-refractivity contribution in [1.82, 2.24) is 5.32 Å². The number of carbonyl (C=O) groups is 2. The van der Waals surface area contributed by atoms with Gasteiger partial charge in [0.05, 0.1) is 0 Å². The van der Waals surface area contributed by atoms with E-state index in [0.717, 1.165) is 22.9 Å². The van der Waals surface area contributed by atoms with Crippen LogP contribution in [0.25, 0.3) is 0 Å². The average molecular weight is 359 g/mol. The average Bonchev–Trinajstić information content (AvgIpc) is 2.66. The highest BCUT2D eigenvalue weighted by Crippen LogP contribution is 2.01. The topological polar surface area (TPSA) is 78.6 Å². The van der Waals surface area contributed by atoms with Gasteiger partial charge >= 0.3 is 17.4 Å². The second-order valence-corrected chi connectivity index (χ2v) is 5.72. The van der Waals surface area contributed by atoms with Gasteiger partial charge in [0.25, 0.3) is 0 Å². The molecule has 130 valence electrons. The molecule has 0 aliphatic rings. The maximum Gasteiger partial charge on any atom is 0.505 e. The molecule has 25 heavy (non-hydrogen) atoms. The zero-order valence-electron chi connectivity index (χ0n) is 13.7. The lowest BCUT2D eigenvalue weighted by molar-refractivity contribution is -0.368. The van der Waals surface area contributed by atoms with Crippen molar-refractivity contribution in [2.45, 2.75) is 13.2 Å². The molecule has 0 unspecified atom stereocenters. The lowest BCUT2D eigenvalue weighted by Crippen LogP contribution is -2.79. The first-order valence-corrected chi connectivity index (χ1v) is 8.76. The minimum atomic E-state index is -0.656. The Kier molecular flexibility index (Phi) is 7.52. The number of thioether (sulfide) groups is 1. The van der Waals surface area contributed by atoms with E-state index in [4.69, 9.17) is 9.47 Å². The van der Waals surface area contributed by atoms with Crippen molar-refractivity contribution in [3.63, 3.8) is 0 Å². The van der Waals surface area contributed by atoms with Crippen LogP contribution in [0.4, 0.5) is 9.59 Å². The molecule has 0 saturated carbocycles. The zero-order chi connectivity index (χ0) is 17.9. The van der Waals surface area contributed by atoms with Crippen LogP contribution in [0.15, 0.2) is 60.7 Å². The van der Waals surface area contributed by atoms with Gasteiger partial charge in [-0.15, -0.1) is 0 Å². The fourth-order valence-electron chi connectivity index (χ4n) is 1.84. The van der Waals surface area contributed by atoms with Gasteiger partial charge in [-0.2, -0.15) is 19.9 Å². The molecular weight excluding hydrogens is 340 g/mol. The Morgan fingerprint density at radius 3 is 1.96 bits per heavy atom. The standard InChI is InChI=1S/C18H18N2O4S/c1-25-16(19-17(21)23-12-14-8-4-2-5-9-14)20-18(22)24-13-15-10-6-3-7-11-15/h2-11H,12-13H2,1H3,(H,19,20,21,22)/p+1. The van der Waals surface area contributed by atoms with Crippen molar-refractivity contribution >= 4 is 29.1 Å². The van der Waals surface area contributed by atoms with Gasteiger partial charge in [-0.1, -0.05) is 60.7 Å². The van der Waals surface area contributed by atoms with Crippen LogP contribution < -0.4 is 10.3 Å². The van der Waals surface area contributed by atoms with E-state index in [1.54, 1.807) is 6.26 Å². The van der Waals surface area contributed by atoms with Gasteiger partial charge in [0.15, 0.2) is 0 Å². The first kappa shape index (κ1) is 18.5. The number of benzene rings is 2. The largest absolute Gasteiger partial charge is 0.505 e. The molecule has 0 heterocycles. The third-order valence-corrected chi connectivity index (χ3v) is 3.67. The summed E-state index contributed by atoms with van der Waals surface area (Å²) in [4.78, 5) is 26.0. The van der Waals surface area contributed by atoms with Gasteiger partial charge in [-0.05, 0) is 29.1 Å². The second kappa shape index (κ2) is 10.1. The van der Waals surface area contributed by atoms with Crippen molar-refractivity contribution in [1.29, 1.82) is 0 Å². The molecule has 2 aromatic carbocycles. The Labute approximate surface area is 150 Å². The van der Waals surface area contributed by atoms with Crippen molar-refractivity contribution < 1.29 is 24.1 Å². The minimum absolute atomic E-state index is 0.146. The number of hydrogen-bond donors (Lipinski definition) is 2. The van der Waals surface area contributed by atoms with Crippen molar-refractivity contribution in [3.05, 3.63) is 71.8 Å². The Morgan fingerprint density at radius 2 is 1.44 bits per heavy atom. The number of hydrogen-bond acceptors (Lipinski definition) is 5. The number of amides is 2. The third kappa shape index (κ3) is 7.09. The van der Waals surface area contributed by atoms with Crippen molar-refractivity contribution in [2.75, 3.05) is 6.26 Å². The monoisotopic (exact) mass is 359 g/mol. The summed E-state index contributed by atoms with van der Waals surface area (Å²) in [6.07, 6.45) is 0.401. The molecule has 2 amide bonds. The lowest BCUT2D eigenvalue weighted by atomic mass is 10.2. The normalized spacial score (nSPS) is 10.8. The van der Waals surface area contributed by atoms with Crippen molar-refractivity contribution in [2.24, 2.45) is 0 Å². The maximum atomic E-state index is 11.8. The molecule has 0 aliphatic carbocycles. The molecule has 7 heteroatoms. The molecular formula is C18H19N2O4S+. The summed E-state index contributed by atoms with van der Waals surface area (Å²) in [5, 5.41) is 2.71. The number of alkyl carbamates (subject to hydrolysis) is 1. The van der Waals surface area contributed by atoms with Crippen LogP contribution >= 0.6 is 11.8 Å². The number of carbonyl (C=O) groups excluding carboxylic acids is 2. The first-order chi connectivity index (χ1) is 12.2. The van der Waals surface area contributed by atoms with Crippen LogP contribution in [-0.2, 0) is 22.7 Å². The first-order valence-electron chi connectivity index (χ1n) is 7.53. The number of nitrogens with one attached hydrogen (secondary N) is 2. The third-order valence-electron chi connectivity index (χ3n) is 3.06. The van der Waals surface area contributed by atoms with Gasteiger partial charge in [-0.25, -0.2) is 0 Å². The molecule has 2 N–H and O–H groups in total. The van der Waals surface area contributed by atoms with E-state index in [2.05, 4.69) is 10.3 Å². The minimum Gasteiger partial charge on any atom is -0.426 e. The molecule has 0 bridgehead atoms. The number of rotatable bonds is 4.